The predicted octanol–water partition coefficient (Wildman–Crippen LogP) is 3.66. The normalized spacial score (nSPS) is 13.2. The molecule has 0 radical (unpaired) electrons. The number of aliphatic carboxylic acids is 1. The van der Waals surface area contributed by atoms with Gasteiger partial charge >= 0.3 is 11.7 Å². The summed E-state index contributed by atoms with van der Waals surface area (Å²) < 4.78 is 15.3. The summed E-state index contributed by atoms with van der Waals surface area (Å²) in [6.45, 7) is 3.93. The van der Waals surface area contributed by atoms with Crippen LogP contribution in [0.1, 0.15) is 49.4 Å². The number of H-pyrrole nitrogens is 1. The molecule has 0 aliphatic carbocycles. The standard InChI is InChI=1S/C30H30FN3O6/c1-17(2)27-23(13-12-21(35)14-22(36)15-24(37)38)25(19-8-10-20(31)11-9-19)26-28(32-27)34(30(40)33-29(26)39)16-18-6-4-3-5-7-18/h3-13,17,21-22,35-36H,14-16H2,1-2H3,(H,37,38)(H,33,39,40)/b13-12+. The lowest BCUT2D eigenvalue weighted by molar-refractivity contribution is -0.139. The van der Waals surface area contributed by atoms with Crippen molar-refractivity contribution in [2.45, 2.75) is 51.4 Å². The van der Waals surface area contributed by atoms with Gasteiger partial charge in [0, 0.05) is 17.5 Å². The van der Waals surface area contributed by atoms with Crippen LogP contribution in [0.25, 0.3) is 28.2 Å². The van der Waals surface area contributed by atoms with Crippen molar-refractivity contribution in [3.63, 3.8) is 0 Å². The number of carboxylic acids is 1. The minimum Gasteiger partial charge on any atom is -0.481 e. The largest absolute Gasteiger partial charge is 0.481 e. The van der Waals surface area contributed by atoms with Gasteiger partial charge in [0.25, 0.3) is 5.56 Å². The molecular weight excluding hydrogens is 517 g/mol. The highest BCUT2D eigenvalue weighted by Crippen LogP contribution is 2.35. The van der Waals surface area contributed by atoms with Crippen molar-refractivity contribution in [1.82, 2.24) is 14.5 Å². The molecule has 0 aliphatic heterocycles. The first-order chi connectivity index (χ1) is 19.0. The van der Waals surface area contributed by atoms with Gasteiger partial charge in [0.2, 0.25) is 0 Å². The number of carboxylic acid groups (broad SMARTS) is 1. The average molecular weight is 548 g/mol. The Morgan fingerprint density at radius 3 is 2.38 bits per heavy atom. The molecule has 2 heterocycles. The molecule has 4 N–H and O–H groups in total. The lowest BCUT2D eigenvalue weighted by atomic mass is 9.91. The molecular formula is C30H30FN3O6. The number of aliphatic hydroxyl groups excluding tert-OH is 2. The number of fused-ring (bicyclic) bond motifs is 1. The van der Waals surface area contributed by atoms with Gasteiger partial charge in [-0.3, -0.25) is 19.1 Å². The number of pyridine rings is 1. The summed E-state index contributed by atoms with van der Waals surface area (Å²) in [6.07, 6.45) is -0.246. The molecule has 2 aromatic carbocycles. The number of nitrogens with one attached hydrogen (secondary N) is 1. The molecule has 2 atom stereocenters. The summed E-state index contributed by atoms with van der Waals surface area (Å²) in [4.78, 5) is 44.4. The van der Waals surface area contributed by atoms with E-state index in [0.717, 1.165) is 5.56 Å². The van der Waals surface area contributed by atoms with Crippen molar-refractivity contribution in [3.8, 4) is 11.1 Å². The van der Waals surface area contributed by atoms with Crippen molar-refractivity contribution in [3.05, 3.63) is 104 Å². The fourth-order valence-electron chi connectivity index (χ4n) is 4.63. The monoisotopic (exact) mass is 547 g/mol. The first kappa shape index (κ1) is 28.6. The summed E-state index contributed by atoms with van der Waals surface area (Å²) >= 11 is 0. The van der Waals surface area contributed by atoms with Crippen LogP contribution in [0, 0.1) is 5.82 Å². The number of aliphatic hydroxyl groups is 2. The maximum atomic E-state index is 13.9. The Morgan fingerprint density at radius 1 is 1.07 bits per heavy atom. The van der Waals surface area contributed by atoms with Crippen LogP contribution in [0.15, 0.2) is 70.3 Å². The van der Waals surface area contributed by atoms with Crippen LogP contribution in [-0.4, -0.2) is 48.0 Å². The second-order valence-corrected chi connectivity index (χ2v) is 9.89. The number of benzene rings is 2. The zero-order chi connectivity index (χ0) is 29.0. The molecule has 4 aromatic rings. The van der Waals surface area contributed by atoms with E-state index in [2.05, 4.69) is 4.98 Å². The second-order valence-electron chi connectivity index (χ2n) is 9.89. The molecule has 0 aliphatic rings. The van der Waals surface area contributed by atoms with Crippen LogP contribution in [0.5, 0.6) is 0 Å². The molecule has 2 aromatic heterocycles. The fraction of sp³-hybridized carbons (Fsp3) is 0.267. The van der Waals surface area contributed by atoms with Crippen LogP contribution in [-0.2, 0) is 11.3 Å². The maximum Gasteiger partial charge on any atom is 0.330 e. The summed E-state index contributed by atoms with van der Waals surface area (Å²) in [5.74, 6) is -1.86. The van der Waals surface area contributed by atoms with Gasteiger partial charge in [-0.2, -0.15) is 0 Å². The Bertz CT molecular complexity index is 1660. The average Bonchev–Trinajstić information content (AvgIpc) is 2.89. The molecule has 4 rings (SSSR count). The van der Waals surface area contributed by atoms with E-state index < -0.39 is 41.7 Å². The zero-order valence-electron chi connectivity index (χ0n) is 22.0. The number of nitrogens with zero attached hydrogens (tertiary/aromatic N) is 2. The Labute approximate surface area is 228 Å². The van der Waals surface area contributed by atoms with E-state index in [4.69, 9.17) is 10.1 Å². The van der Waals surface area contributed by atoms with Gasteiger partial charge in [-0.25, -0.2) is 14.2 Å². The maximum absolute atomic E-state index is 13.9. The minimum atomic E-state index is -1.26. The van der Waals surface area contributed by atoms with E-state index in [1.54, 1.807) is 6.08 Å². The fourth-order valence-corrected chi connectivity index (χ4v) is 4.63. The number of hydrogen-bond donors (Lipinski definition) is 4. The summed E-state index contributed by atoms with van der Waals surface area (Å²) in [6, 6.07) is 14.8. The van der Waals surface area contributed by atoms with Crippen LogP contribution >= 0.6 is 0 Å². The first-order valence-electron chi connectivity index (χ1n) is 12.8. The molecule has 0 fully saturated rings. The number of aromatic nitrogens is 3. The molecule has 40 heavy (non-hydrogen) atoms. The van der Waals surface area contributed by atoms with Crippen molar-refractivity contribution in [2.24, 2.45) is 0 Å². The van der Waals surface area contributed by atoms with E-state index in [1.807, 2.05) is 44.2 Å². The third-order valence-electron chi connectivity index (χ3n) is 6.47. The third kappa shape index (κ3) is 6.41. The van der Waals surface area contributed by atoms with Crippen molar-refractivity contribution < 1.29 is 24.5 Å². The highest BCUT2D eigenvalue weighted by molar-refractivity contribution is 5.97. The molecule has 10 heteroatoms. The smallest absolute Gasteiger partial charge is 0.330 e. The Kier molecular flexibility index (Phi) is 8.71. The van der Waals surface area contributed by atoms with E-state index in [0.29, 0.717) is 22.4 Å². The summed E-state index contributed by atoms with van der Waals surface area (Å²) in [5, 5.41) is 29.5. The Hall–Kier alpha value is -4.41. The summed E-state index contributed by atoms with van der Waals surface area (Å²) in [5.41, 5.74) is 1.57. The Morgan fingerprint density at radius 2 is 1.75 bits per heavy atom. The number of aromatic amines is 1. The topological polar surface area (TPSA) is 146 Å². The lowest BCUT2D eigenvalue weighted by Crippen LogP contribution is -2.32. The van der Waals surface area contributed by atoms with Gasteiger partial charge in [0.1, 0.15) is 5.82 Å². The number of carbonyl (C=O) groups is 1. The van der Waals surface area contributed by atoms with E-state index in [-0.39, 0.29) is 29.9 Å². The third-order valence-corrected chi connectivity index (χ3v) is 6.47. The number of halogens is 1. The number of hydrogen-bond acceptors (Lipinski definition) is 6. The number of rotatable bonds is 10. The second kappa shape index (κ2) is 12.2. The van der Waals surface area contributed by atoms with Crippen LogP contribution in [0.2, 0.25) is 0 Å². The van der Waals surface area contributed by atoms with Gasteiger partial charge in [-0.05, 0) is 29.2 Å². The molecule has 0 saturated heterocycles. The molecule has 208 valence electrons. The van der Waals surface area contributed by atoms with Crippen molar-refractivity contribution in [2.75, 3.05) is 0 Å². The molecule has 0 saturated carbocycles. The molecule has 0 amide bonds. The van der Waals surface area contributed by atoms with Crippen LogP contribution in [0.3, 0.4) is 0 Å². The minimum absolute atomic E-state index is 0.117. The highest BCUT2D eigenvalue weighted by atomic mass is 19.1. The summed E-state index contributed by atoms with van der Waals surface area (Å²) in [7, 11) is 0. The molecule has 0 bridgehead atoms. The van der Waals surface area contributed by atoms with E-state index >= 15 is 0 Å². The van der Waals surface area contributed by atoms with Crippen molar-refractivity contribution in [1.29, 1.82) is 0 Å². The van der Waals surface area contributed by atoms with Gasteiger partial charge in [-0.15, -0.1) is 0 Å². The van der Waals surface area contributed by atoms with Gasteiger partial charge < -0.3 is 15.3 Å². The van der Waals surface area contributed by atoms with Crippen molar-refractivity contribution >= 4 is 23.1 Å². The molecule has 9 nitrogen and oxygen atoms in total. The van der Waals surface area contributed by atoms with Gasteiger partial charge in [-0.1, -0.05) is 68.5 Å². The zero-order valence-corrected chi connectivity index (χ0v) is 22.0. The lowest BCUT2D eigenvalue weighted by Gasteiger charge is -2.19. The quantitative estimate of drug-likeness (QED) is 0.237. The molecule has 2 unspecified atom stereocenters. The van der Waals surface area contributed by atoms with Gasteiger partial charge in [0.15, 0.2) is 5.65 Å². The van der Waals surface area contributed by atoms with E-state index in [9.17, 15) is 29.0 Å². The molecule has 0 spiro atoms. The SMILES string of the molecule is CC(C)c1nc2c(c(-c3ccc(F)cc3)c1/C=C/C(O)CC(O)CC(=O)O)c(=O)[nH]c(=O)n2Cc1ccccc1. The van der Waals surface area contributed by atoms with Gasteiger partial charge in [0.05, 0.1) is 36.3 Å². The van der Waals surface area contributed by atoms with Crippen LogP contribution < -0.4 is 11.2 Å². The Balaban J connectivity index is 1.99. The highest BCUT2D eigenvalue weighted by Gasteiger charge is 2.23. The van der Waals surface area contributed by atoms with Crippen LogP contribution in [0.4, 0.5) is 4.39 Å². The first-order valence-corrected chi connectivity index (χ1v) is 12.8. The van der Waals surface area contributed by atoms with E-state index in [1.165, 1.54) is 34.9 Å². The predicted molar refractivity (Wildman–Crippen MR) is 150 cm³/mol.